The van der Waals surface area contributed by atoms with Crippen LogP contribution in [0.25, 0.3) is 0 Å². The predicted molar refractivity (Wildman–Crippen MR) is 80.1 cm³/mol. The monoisotopic (exact) mass is 300 g/mol. The molecule has 0 aromatic rings. The summed E-state index contributed by atoms with van der Waals surface area (Å²) < 4.78 is 0. The van der Waals surface area contributed by atoms with Crippen LogP contribution in [0.1, 0.15) is 59.3 Å². The second-order valence-electron chi connectivity index (χ2n) is 6.73. The van der Waals surface area contributed by atoms with Crippen LogP contribution in [0.3, 0.4) is 0 Å². The molecule has 21 heavy (non-hydrogen) atoms. The number of aliphatic hydroxyl groups is 1. The third kappa shape index (κ3) is 5.91. The van der Waals surface area contributed by atoms with Crippen LogP contribution in [-0.2, 0) is 4.79 Å². The first kappa shape index (κ1) is 17.8. The zero-order valence-corrected chi connectivity index (χ0v) is 13.3. The Bertz CT molecular complexity index is 365. The zero-order valence-electron chi connectivity index (χ0n) is 13.3. The summed E-state index contributed by atoms with van der Waals surface area (Å²) in [5.74, 6) is -0.924. The van der Waals surface area contributed by atoms with Gasteiger partial charge >= 0.3 is 12.0 Å². The van der Waals surface area contributed by atoms with Gasteiger partial charge in [-0.05, 0) is 33.6 Å². The van der Waals surface area contributed by atoms with Crippen molar-refractivity contribution in [3.05, 3.63) is 0 Å². The molecule has 3 N–H and O–H groups in total. The third-order valence-electron chi connectivity index (χ3n) is 3.89. The first-order valence-electron chi connectivity index (χ1n) is 7.70. The Morgan fingerprint density at radius 2 is 1.81 bits per heavy atom. The smallest absolute Gasteiger partial charge is 0.318 e. The molecule has 0 aromatic carbocycles. The Kier molecular flexibility index (Phi) is 6.45. The number of carboxylic acids is 1. The average molecular weight is 300 g/mol. The average Bonchev–Trinajstić information content (AvgIpc) is 2.53. The molecule has 0 saturated heterocycles. The Hall–Kier alpha value is -1.30. The lowest BCUT2D eigenvalue weighted by Crippen LogP contribution is -2.55. The van der Waals surface area contributed by atoms with Crippen molar-refractivity contribution in [2.75, 3.05) is 6.54 Å². The molecule has 1 aliphatic rings. The normalized spacial score (nSPS) is 23.2. The summed E-state index contributed by atoms with van der Waals surface area (Å²) in [6.07, 6.45) is 3.92. The molecule has 2 atom stereocenters. The number of carbonyl (C=O) groups is 2. The number of aliphatic carboxylic acids is 1. The van der Waals surface area contributed by atoms with Gasteiger partial charge in [0.2, 0.25) is 0 Å². The Morgan fingerprint density at radius 3 is 2.38 bits per heavy atom. The van der Waals surface area contributed by atoms with Crippen molar-refractivity contribution in [3.8, 4) is 0 Å². The van der Waals surface area contributed by atoms with Crippen LogP contribution >= 0.6 is 0 Å². The minimum absolute atomic E-state index is 0.0854. The topological polar surface area (TPSA) is 89.9 Å². The predicted octanol–water partition coefficient (Wildman–Crippen LogP) is 1.96. The summed E-state index contributed by atoms with van der Waals surface area (Å²) in [4.78, 5) is 24.7. The number of rotatable bonds is 4. The molecule has 0 spiro atoms. The van der Waals surface area contributed by atoms with Crippen molar-refractivity contribution in [1.29, 1.82) is 0 Å². The molecule has 1 aliphatic carbocycles. The molecule has 1 saturated carbocycles. The Labute approximate surface area is 126 Å². The summed E-state index contributed by atoms with van der Waals surface area (Å²) in [5, 5.41) is 21.8. The molecule has 0 bridgehead atoms. The van der Waals surface area contributed by atoms with Crippen molar-refractivity contribution < 1.29 is 19.8 Å². The maximum Gasteiger partial charge on any atom is 0.318 e. The van der Waals surface area contributed by atoms with Crippen LogP contribution in [0.4, 0.5) is 4.79 Å². The number of carboxylic acid groups (broad SMARTS) is 1. The highest BCUT2D eigenvalue weighted by molar-refractivity contribution is 5.76. The van der Waals surface area contributed by atoms with E-state index in [1.165, 1.54) is 4.90 Å². The van der Waals surface area contributed by atoms with E-state index in [-0.39, 0.29) is 25.0 Å². The van der Waals surface area contributed by atoms with Gasteiger partial charge in [0, 0.05) is 12.1 Å². The van der Waals surface area contributed by atoms with E-state index in [1.54, 1.807) is 0 Å². The quantitative estimate of drug-likeness (QED) is 0.692. The highest BCUT2D eigenvalue weighted by Crippen LogP contribution is 2.20. The van der Waals surface area contributed by atoms with Gasteiger partial charge in [-0.15, -0.1) is 0 Å². The molecule has 0 aromatic heterocycles. The molecular weight excluding hydrogens is 272 g/mol. The number of amides is 2. The largest absolute Gasteiger partial charge is 0.481 e. The van der Waals surface area contributed by atoms with Crippen LogP contribution in [0, 0.1) is 0 Å². The van der Waals surface area contributed by atoms with Crippen molar-refractivity contribution >= 4 is 12.0 Å². The number of nitrogens with zero attached hydrogens (tertiary/aromatic N) is 1. The van der Waals surface area contributed by atoms with Gasteiger partial charge in [0.15, 0.2) is 0 Å². The maximum absolute atomic E-state index is 12.4. The molecule has 0 radical (unpaired) electrons. The standard InChI is InChI=1S/C15H28N2O4/c1-15(2,3)17(10-9-13(19)20)14(21)16-11-7-5-4-6-8-12(11)18/h11-12,18H,4-10H2,1-3H3,(H,16,21)(H,19,20). The van der Waals surface area contributed by atoms with Gasteiger partial charge < -0.3 is 20.4 Å². The molecule has 0 aliphatic heterocycles. The van der Waals surface area contributed by atoms with E-state index in [4.69, 9.17) is 5.11 Å². The highest BCUT2D eigenvalue weighted by atomic mass is 16.4. The van der Waals surface area contributed by atoms with Gasteiger partial charge in [0.25, 0.3) is 0 Å². The molecule has 1 fully saturated rings. The number of carbonyl (C=O) groups excluding carboxylic acids is 1. The number of hydrogen-bond acceptors (Lipinski definition) is 3. The van der Waals surface area contributed by atoms with Gasteiger partial charge in [-0.25, -0.2) is 4.79 Å². The first-order valence-corrected chi connectivity index (χ1v) is 7.70. The van der Waals surface area contributed by atoms with Gasteiger partial charge in [0.1, 0.15) is 0 Å². The van der Waals surface area contributed by atoms with Gasteiger partial charge in [-0.2, -0.15) is 0 Å². The van der Waals surface area contributed by atoms with E-state index in [0.717, 1.165) is 25.7 Å². The minimum Gasteiger partial charge on any atom is -0.481 e. The summed E-state index contributed by atoms with van der Waals surface area (Å²) in [6, 6.07) is -0.538. The van der Waals surface area contributed by atoms with Crippen molar-refractivity contribution in [3.63, 3.8) is 0 Å². The number of nitrogens with one attached hydrogen (secondary N) is 1. The van der Waals surface area contributed by atoms with Crippen molar-refractivity contribution in [1.82, 2.24) is 10.2 Å². The lowest BCUT2D eigenvalue weighted by molar-refractivity contribution is -0.137. The molecule has 0 heterocycles. The zero-order chi connectivity index (χ0) is 16.0. The van der Waals surface area contributed by atoms with E-state index in [9.17, 15) is 14.7 Å². The maximum atomic E-state index is 12.4. The Morgan fingerprint density at radius 1 is 1.19 bits per heavy atom. The van der Waals surface area contributed by atoms with Gasteiger partial charge in [-0.1, -0.05) is 19.3 Å². The van der Waals surface area contributed by atoms with Crippen LogP contribution in [0.15, 0.2) is 0 Å². The van der Waals surface area contributed by atoms with E-state index in [0.29, 0.717) is 6.42 Å². The SMILES string of the molecule is CC(C)(C)N(CCC(=O)O)C(=O)NC1CCCCCC1O. The van der Waals surface area contributed by atoms with E-state index in [2.05, 4.69) is 5.32 Å². The van der Waals surface area contributed by atoms with Crippen LogP contribution in [0.5, 0.6) is 0 Å². The number of urea groups is 1. The van der Waals surface area contributed by atoms with E-state index >= 15 is 0 Å². The first-order chi connectivity index (χ1) is 9.71. The molecule has 6 heteroatoms. The fourth-order valence-electron chi connectivity index (χ4n) is 2.64. The van der Waals surface area contributed by atoms with Crippen LogP contribution < -0.4 is 5.32 Å². The second kappa shape index (κ2) is 7.64. The van der Waals surface area contributed by atoms with Crippen molar-refractivity contribution in [2.24, 2.45) is 0 Å². The molecular formula is C15H28N2O4. The summed E-state index contributed by atoms with van der Waals surface area (Å²) in [5.41, 5.74) is -0.463. The summed E-state index contributed by atoms with van der Waals surface area (Å²) >= 11 is 0. The lowest BCUT2D eigenvalue weighted by Gasteiger charge is -2.37. The number of hydrogen-bond donors (Lipinski definition) is 3. The highest BCUT2D eigenvalue weighted by Gasteiger charge is 2.30. The third-order valence-corrected chi connectivity index (χ3v) is 3.89. The van der Waals surface area contributed by atoms with E-state index < -0.39 is 17.6 Å². The second-order valence-corrected chi connectivity index (χ2v) is 6.73. The van der Waals surface area contributed by atoms with Crippen LogP contribution in [-0.4, -0.2) is 51.3 Å². The van der Waals surface area contributed by atoms with Gasteiger partial charge in [0.05, 0.1) is 18.6 Å². The van der Waals surface area contributed by atoms with E-state index in [1.807, 2.05) is 20.8 Å². The molecule has 2 unspecified atom stereocenters. The summed E-state index contributed by atoms with van der Waals surface area (Å²) in [7, 11) is 0. The fourth-order valence-corrected chi connectivity index (χ4v) is 2.64. The molecule has 2 amide bonds. The minimum atomic E-state index is -0.924. The summed E-state index contributed by atoms with van der Waals surface area (Å²) in [6.45, 7) is 5.78. The molecule has 1 rings (SSSR count). The fraction of sp³-hybridized carbons (Fsp3) is 0.867. The lowest BCUT2D eigenvalue weighted by atomic mass is 10.0. The number of aliphatic hydroxyl groups excluding tert-OH is 1. The van der Waals surface area contributed by atoms with Crippen LogP contribution in [0.2, 0.25) is 0 Å². The van der Waals surface area contributed by atoms with Gasteiger partial charge in [-0.3, -0.25) is 4.79 Å². The Balaban J connectivity index is 2.68. The molecule has 122 valence electrons. The van der Waals surface area contributed by atoms with Crippen molar-refractivity contribution in [2.45, 2.75) is 77.0 Å². The molecule has 6 nitrogen and oxygen atoms in total.